The van der Waals surface area contributed by atoms with Crippen LogP contribution in [0.2, 0.25) is 0 Å². The zero-order chi connectivity index (χ0) is 11.6. The Morgan fingerprint density at radius 1 is 1.67 bits per heavy atom. The molecule has 1 aromatic rings. The number of nitro groups is 1. The number of alkyl halides is 1. The molecule has 0 amide bonds. The third-order valence-corrected chi connectivity index (χ3v) is 2.80. The van der Waals surface area contributed by atoms with Gasteiger partial charge in [-0.3, -0.25) is 10.1 Å². The normalized spacial score (nSPS) is 12.5. The van der Waals surface area contributed by atoms with Crippen molar-refractivity contribution in [2.24, 2.45) is 0 Å². The lowest BCUT2D eigenvalue weighted by Gasteiger charge is -2.05. The van der Waals surface area contributed by atoms with Gasteiger partial charge < -0.3 is 0 Å². The van der Waals surface area contributed by atoms with Crippen LogP contribution in [0, 0.1) is 19.5 Å². The largest absolute Gasteiger partial charge is 0.273 e. The molecule has 15 heavy (non-hydrogen) atoms. The maximum Gasteiger partial charge on any atom is 0.273 e. The minimum atomic E-state index is -0.518. The molecule has 0 heterocycles. The van der Waals surface area contributed by atoms with Gasteiger partial charge in [0.25, 0.3) is 5.69 Å². The Morgan fingerprint density at radius 3 is 2.73 bits per heavy atom. The van der Waals surface area contributed by atoms with E-state index in [2.05, 4.69) is 0 Å². The van der Waals surface area contributed by atoms with E-state index in [4.69, 9.17) is 11.6 Å². The number of hydrogen-bond acceptors (Lipinski definition) is 2. The lowest BCUT2D eigenvalue weighted by atomic mass is 10.1. The number of halogens is 3. The lowest BCUT2D eigenvalue weighted by Crippen LogP contribution is -2.03. The van der Waals surface area contributed by atoms with Crippen molar-refractivity contribution in [2.75, 3.05) is 0 Å². The number of rotatable bonds is 3. The number of benzene rings is 1. The van der Waals surface area contributed by atoms with Gasteiger partial charge in [-0.05, 0) is 42.0 Å². The highest BCUT2D eigenvalue weighted by atomic mass is 127. The van der Waals surface area contributed by atoms with Crippen molar-refractivity contribution in [3.05, 3.63) is 37.2 Å². The Morgan fingerprint density at radius 2 is 2.27 bits per heavy atom. The number of nitro benzene ring substituents is 1. The summed E-state index contributed by atoms with van der Waals surface area (Å²) in [5, 5.41) is 10.4. The molecular formula is C9H8ClFINO2. The van der Waals surface area contributed by atoms with Gasteiger partial charge in [0.2, 0.25) is 0 Å². The molecule has 0 saturated carbocycles. The predicted octanol–water partition coefficient (Wildman–Crippen LogP) is 3.51. The second-order valence-corrected chi connectivity index (χ2v) is 5.04. The summed E-state index contributed by atoms with van der Waals surface area (Å²) in [6.45, 7) is 1.71. The molecule has 0 radical (unpaired) electrons. The van der Waals surface area contributed by atoms with Crippen LogP contribution in [0.5, 0.6) is 0 Å². The van der Waals surface area contributed by atoms with E-state index in [9.17, 15) is 14.5 Å². The van der Waals surface area contributed by atoms with Crippen LogP contribution in [0.4, 0.5) is 10.1 Å². The van der Waals surface area contributed by atoms with Gasteiger partial charge in [-0.15, -0.1) is 11.6 Å². The molecule has 0 fully saturated rings. The lowest BCUT2D eigenvalue weighted by molar-refractivity contribution is -0.385. The number of hydrogen-bond donors (Lipinski definition) is 0. The van der Waals surface area contributed by atoms with Crippen molar-refractivity contribution in [3.63, 3.8) is 0 Å². The van der Waals surface area contributed by atoms with Crippen LogP contribution < -0.4 is 0 Å². The van der Waals surface area contributed by atoms with Crippen LogP contribution in [0.3, 0.4) is 0 Å². The van der Waals surface area contributed by atoms with E-state index in [0.717, 1.165) is 0 Å². The molecule has 1 unspecified atom stereocenters. The van der Waals surface area contributed by atoms with E-state index >= 15 is 0 Å². The molecule has 1 rings (SSSR count). The van der Waals surface area contributed by atoms with Crippen molar-refractivity contribution >= 4 is 39.9 Å². The summed E-state index contributed by atoms with van der Waals surface area (Å²) < 4.78 is 13.4. The average molecular weight is 344 g/mol. The Hall–Kier alpha value is -0.430. The zero-order valence-corrected chi connectivity index (χ0v) is 10.8. The molecule has 1 aromatic carbocycles. The summed E-state index contributed by atoms with van der Waals surface area (Å²) in [4.78, 5) is 10.2. The van der Waals surface area contributed by atoms with E-state index < -0.39 is 10.7 Å². The first kappa shape index (κ1) is 12.6. The zero-order valence-electron chi connectivity index (χ0n) is 7.84. The van der Waals surface area contributed by atoms with Crippen molar-refractivity contribution in [1.29, 1.82) is 0 Å². The highest BCUT2D eigenvalue weighted by molar-refractivity contribution is 14.1. The van der Waals surface area contributed by atoms with Gasteiger partial charge in [-0.2, -0.15) is 0 Å². The number of nitrogens with zero attached hydrogens (tertiary/aromatic N) is 1. The highest BCUT2D eigenvalue weighted by Crippen LogP contribution is 2.26. The Labute approximate surface area is 105 Å². The molecule has 0 aromatic heterocycles. The first-order chi connectivity index (χ1) is 6.91. The van der Waals surface area contributed by atoms with Crippen LogP contribution >= 0.6 is 34.2 Å². The fourth-order valence-corrected chi connectivity index (χ4v) is 1.83. The molecule has 1 atom stereocenters. The molecule has 0 aliphatic heterocycles. The van der Waals surface area contributed by atoms with Crippen LogP contribution in [-0.4, -0.2) is 10.3 Å². The van der Waals surface area contributed by atoms with E-state index in [1.165, 1.54) is 12.1 Å². The SMILES string of the molecule is CC(Cl)Cc1cc(F)c(I)cc1[N+](=O)[O-]. The van der Waals surface area contributed by atoms with Gasteiger partial charge in [-0.1, -0.05) is 0 Å². The van der Waals surface area contributed by atoms with Crippen molar-refractivity contribution < 1.29 is 9.31 Å². The maximum absolute atomic E-state index is 13.2. The molecule has 82 valence electrons. The Bertz CT molecular complexity index is 398. The smallest absolute Gasteiger partial charge is 0.258 e. The Balaban J connectivity index is 3.22. The van der Waals surface area contributed by atoms with Gasteiger partial charge >= 0.3 is 0 Å². The third-order valence-electron chi connectivity index (χ3n) is 1.82. The van der Waals surface area contributed by atoms with Crippen molar-refractivity contribution in [2.45, 2.75) is 18.7 Å². The summed E-state index contributed by atoms with van der Waals surface area (Å²) in [6.07, 6.45) is 0.283. The molecule has 0 saturated heterocycles. The molecule has 6 heteroatoms. The van der Waals surface area contributed by atoms with E-state index in [0.29, 0.717) is 5.56 Å². The van der Waals surface area contributed by atoms with E-state index in [1.807, 2.05) is 0 Å². The van der Waals surface area contributed by atoms with Gasteiger partial charge in [-0.25, -0.2) is 4.39 Å². The van der Waals surface area contributed by atoms with E-state index in [1.54, 1.807) is 29.5 Å². The van der Waals surface area contributed by atoms with Gasteiger partial charge in [0, 0.05) is 17.0 Å². The molecule has 3 nitrogen and oxygen atoms in total. The quantitative estimate of drug-likeness (QED) is 0.365. The highest BCUT2D eigenvalue weighted by Gasteiger charge is 2.18. The molecule has 0 spiro atoms. The topological polar surface area (TPSA) is 43.1 Å². The van der Waals surface area contributed by atoms with Crippen LogP contribution in [0.1, 0.15) is 12.5 Å². The molecule has 0 N–H and O–H groups in total. The van der Waals surface area contributed by atoms with E-state index in [-0.39, 0.29) is 21.1 Å². The van der Waals surface area contributed by atoms with Gasteiger partial charge in [0.15, 0.2) is 0 Å². The fraction of sp³-hybridized carbons (Fsp3) is 0.333. The monoisotopic (exact) mass is 343 g/mol. The molecule has 0 bridgehead atoms. The van der Waals surface area contributed by atoms with Gasteiger partial charge in [0.05, 0.1) is 8.49 Å². The summed E-state index contributed by atoms with van der Waals surface area (Å²) in [6, 6.07) is 2.41. The average Bonchev–Trinajstić information content (AvgIpc) is 2.09. The minimum absolute atomic E-state index is 0.0756. The predicted molar refractivity (Wildman–Crippen MR) is 64.8 cm³/mol. The standard InChI is InChI=1S/C9H8ClFINO2/c1-5(10)2-6-3-7(11)8(12)4-9(6)13(14)15/h3-5H,2H2,1H3. The third kappa shape index (κ3) is 3.27. The first-order valence-electron chi connectivity index (χ1n) is 4.18. The van der Waals surface area contributed by atoms with Crippen LogP contribution in [0.25, 0.3) is 0 Å². The first-order valence-corrected chi connectivity index (χ1v) is 5.69. The van der Waals surface area contributed by atoms with Gasteiger partial charge in [0.1, 0.15) is 5.82 Å². The van der Waals surface area contributed by atoms with Crippen LogP contribution in [-0.2, 0) is 6.42 Å². The second-order valence-electron chi connectivity index (χ2n) is 3.14. The molecule has 0 aliphatic carbocycles. The molecule has 0 aliphatic rings. The summed E-state index contributed by atoms with van der Waals surface area (Å²) in [7, 11) is 0. The maximum atomic E-state index is 13.2. The van der Waals surface area contributed by atoms with Crippen LogP contribution in [0.15, 0.2) is 12.1 Å². The summed E-state index contributed by atoms with van der Waals surface area (Å²) in [5.41, 5.74) is 0.258. The minimum Gasteiger partial charge on any atom is -0.258 e. The summed E-state index contributed by atoms with van der Waals surface area (Å²) in [5.74, 6) is -0.450. The second kappa shape index (κ2) is 5.07. The molecular weight excluding hydrogens is 335 g/mol. The Kier molecular flexibility index (Phi) is 4.27. The summed E-state index contributed by atoms with van der Waals surface area (Å²) >= 11 is 7.46. The fourth-order valence-electron chi connectivity index (χ4n) is 1.21. The van der Waals surface area contributed by atoms with Crippen molar-refractivity contribution in [3.8, 4) is 0 Å². The van der Waals surface area contributed by atoms with Crippen molar-refractivity contribution in [1.82, 2.24) is 0 Å².